The lowest BCUT2D eigenvalue weighted by Gasteiger charge is -2.44. The number of fused-ring (bicyclic) bond motifs is 2. The van der Waals surface area contributed by atoms with Gasteiger partial charge in [-0.25, -0.2) is 4.79 Å². The molecule has 27 heavy (non-hydrogen) atoms. The molecule has 0 radical (unpaired) electrons. The van der Waals surface area contributed by atoms with Crippen molar-refractivity contribution in [2.24, 2.45) is 0 Å². The Labute approximate surface area is 165 Å². The van der Waals surface area contributed by atoms with Crippen LogP contribution in [0.1, 0.15) is 36.8 Å². The minimum Gasteiger partial charge on any atom is -0.445 e. The Bertz CT molecular complexity index is 816. The Morgan fingerprint density at radius 3 is 2.59 bits per heavy atom. The lowest BCUT2D eigenvalue weighted by molar-refractivity contribution is 0.0510. The fraction of sp³-hybridized carbons (Fsp3) is 0.348. The Morgan fingerprint density at radius 1 is 1.11 bits per heavy atom. The molecule has 1 fully saturated rings. The monoisotopic (exact) mass is 379 g/mol. The maximum atomic E-state index is 12.8. The molecule has 2 aromatic rings. The summed E-state index contributed by atoms with van der Waals surface area (Å²) in [5.41, 5.74) is 3.67. The zero-order valence-electron chi connectivity index (χ0n) is 15.6. The van der Waals surface area contributed by atoms with Gasteiger partial charge in [0, 0.05) is 10.9 Å². The molecule has 1 saturated heterocycles. The molecule has 0 aliphatic carbocycles. The van der Waals surface area contributed by atoms with Gasteiger partial charge >= 0.3 is 6.09 Å². The van der Waals surface area contributed by atoms with Gasteiger partial charge in [-0.2, -0.15) is 0 Å². The van der Waals surface area contributed by atoms with E-state index in [1.165, 1.54) is 22.5 Å². The molecule has 2 heterocycles. The van der Waals surface area contributed by atoms with Gasteiger partial charge in [-0.3, -0.25) is 4.90 Å². The summed E-state index contributed by atoms with van der Waals surface area (Å²) in [6.07, 6.45) is 8.36. The quantitative estimate of drug-likeness (QED) is 0.633. The Hall–Kier alpha value is -2.20. The van der Waals surface area contributed by atoms with E-state index in [1.807, 2.05) is 35.2 Å². The number of carbonyl (C=O) groups is 1. The van der Waals surface area contributed by atoms with E-state index in [-0.39, 0.29) is 18.2 Å². The Morgan fingerprint density at radius 2 is 1.89 bits per heavy atom. The third kappa shape index (κ3) is 4.06. The van der Waals surface area contributed by atoms with Crippen molar-refractivity contribution >= 4 is 23.4 Å². The molecule has 2 aliphatic heterocycles. The number of benzene rings is 2. The molecule has 4 rings (SSSR count). The van der Waals surface area contributed by atoms with Gasteiger partial charge in [0.1, 0.15) is 6.61 Å². The first-order valence-electron chi connectivity index (χ1n) is 9.59. The third-order valence-corrected chi connectivity index (χ3v) is 6.26. The van der Waals surface area contributed by atoms with Crippen molar-refractivity contribution in [3.63, 3.8) is 0 Å². The minimum atomic E-state index is -0.179. The van der Waals surface area contributed by atoms with Crippen LogP contribution in [0, 0.1) is 0 Å². The molecule has 140 valence electrons. The van der Waals surface area contributed by atoms with Gasteiger partial charge < -0.3 is 4.74 Å². The van der Waals surface area contributed by atoms with Crippen molar-refractivity contribution in [1.82, 2.24) is 4.90 Å². The summed E-state index contributed by atoms with van der Waals surface area (Å²) in [5, 5.41) is 0. The van der Waals surface area contributed by atoms with Gasteiger partial charge in [-0.1, -0.05) is 48.5 Å². The van der Waals surface area contributed by atoms with E-state index < -0.39 is 0 Å². The van der Waals surface area contributed by atoms with Gasteiger partial charge in [0.05, 0.1) is 6.04 Å². The largest absolute Gasteiger partial charge is 0.445 e. The number of rotatable bonds is 4. The molecule has 2 aliphatic rings. The van der Waals surface area contributed by atoms with Crippen LogP contribution in [0.15, 0.2) is 65.6 Å². The highest BCUT2D eigenvalue weighted by molar-refractivity contribution is 7.98. The zero-order chi connectivity index (χ0) is 18.6. The third-order valence-electron chi connectivity index (χ3n) is 5.51. The second-order valence-electron chi connectivity index (χ2n) is 7.22. The highest BCUT2D eigenvalue weighted by Gasteiger charge is 2.38. The van der Waals surface area contributed by atoms with Gasteiger partial charge in [0.25, 0.3) is 0 Å². The van der Waals surface area contributed by atoms with Crippen molar-refractivity contribution in [3.05, 3.63) is 71.8 Å². The summed E-state index contributed by atoms with van der Waals surface area (Å²) in [5.74, 6) is 0. The fourth-order valence-corrected chi connectivity index (χ4v) is 4.54. The highest BCUT2D eigenvalue weighted by Crippen LogP contribution is 2.37. The van der Waals surface area contributed by atoms with E-state index in [9.17, 15) is 4.79 Å². The van der Waals surface area contributed by atoms with Crippen molar-refractivity contribution in [2.75, 3.05) is 6.26 Å². The Kier molecular flexibility index (Phi) is 5.53. The number of carbonyl (C=O) groups excluding carboxylic acids is 1. The van der Waals surface area contributed by atoms with E-state index >= 15 is 0 Å². The molecule has 2 unspecified atom stereocenters. The number of hydrogen-bond acceptors (Lipinski definition) is 3. The van der Waals surface area contributed by atoms with Gasteiger partial charge in [-0.05, 0) is 60.8 Å². The second kappa shape index (κ2) is 8.22. The van der Waals surface area contributed by atoms with Crippen LogP contribution in [0.2, 0.25) is 0 Å². The maximum absolute atomic E-state index is 12.8. The minimum absolute atomic E-state index is 0.149. The number of ether oxygens (including phenoxy) is 1. The van der Waals surface area contributed by atoms with E-state index in [0.717, 1.165) is 24.8 Å². The lowest BCUT2D eigenvalue weighted by atomic mass is 9.83. The highest BCUT2D eigenvalue weighted by atomic mass is 32.2. The number of thioether (sulfide) groups is 1. The summed E-state index contributed by atoms with van der Waals surface area (Å²) in [6.45, 7) is 0.336. The summed E-state index contributed by atoms with van der Waals surface area (Å²) >= 11 is 1.76. The van der Waals surface area contributed by atoms with Crippen LogP contribution < -0.4 is 0 Å². The first-order chi connectivity index (χ1) is 13.2. The van der Waals surface area contributed by atoms with Crippen LogP contribution in [0.4, 0.5) is 4.79 Å². The molecule has 0 saturated carbocycles. The molecular formula is C23H25NO2S. The van der Waals surface area contributed by atoms with Crippen molar-refractivity contribution in [3.8, 4) is 0 Å². The Balaban J connectivity index is 1.48. The predicted octanol–water partition coefficient (Wildman–Crippen LogP) is 5.76. The van der Waals surface area contributed by atoms with Crippen molar-refractivity contribution in [1.29, 1.82) is 0 Å². The molecule has 2 bridgehead atoms. The van der Waals surface area contributed by atoms with E-state index in [0.29, 0.717) is 6.61 Å². The molecule has 0 N–H and O–H groups in total. The first-order valence-corrected chi connectivity index (χ1v) is 10.8. The van der Waals surface area contributed by atoms with Crippen LogP contribution in [0.5, 0.6) is 0 Å². The predicted molar refractivity (Wildman–Crippen MR) is 111 cm³/mol. The van der Waals surface area contributed by atoms with Crippen LogP contribution in [0.3, 0.4) is 0 Å². The van der Waals surface area contributed by atoms with Crippen LogP contribution in [0.25, 0.3) is 5.57 Å². The number of hydrogen-bond donors (Lipinski definition) is 0. The fourth-order valence-electron chi connectivity index (χ4n) is 4.13. The van der Waals surface area contributed by atoms with E-state index in [2.05, 4.69) is 36.6 Å². The molecule has 2 aromatic carbocycles. The SMILES string of the molecule is CSc1ccc(C2=CC3CCCC(C2)N3C(=O)OCc2ccccc2)cc1. The standard InChI is InChI=1S/C23H25NO2S/c1-27-22-12-10-18(11-13-22)19-14-20-8-5-9-21(15-19)24(20)23(25)26-16-17-6-3-2-4-7-17/h2-4,6-7,10-14,20-21H,5,8-9,15-16H2,1H3. The summed E-state index contributed by atoms with van der Waals surface area (Å²) in [4.78, 5) is 16.0. The van der Waals surface area contributed by atoms with Crippen LogP contribution in [-0.2, 0) is 11.3 Å². The normalized spacial score (nSPS) is 21.5. The average molecular weight is 380 g/mol. The summed E-state index contributed by atoms with van der Waals surface area (Å²) in [7, 11) is 0. The molecule has 1 amide bonds. The van der Waals surface area contributed by atoms with Gasteiger partial charge in [0.2, 0.25) is 0 Å². The number of piperidine rings is 1. The smallest absolute Gasteiger partial charge is 0.410 e. The molecule has 0 spiro atoms. The topological polar surface area (TPSA) is 29.5 Å². The van der Waals surface area contributed by atoms with Crippen LogP contribution in [-0.4, -0.2) is 29.3 Å². The molecular weight excluding hydrogens is 354 g/mol. The van der Waals surface area contributed by atoms with Crippen molar-refractivity contribution < 1.29 is 9.53 Å². The molecule has 0 aromatic heterocycles. The van der Waals surface area contributed by atoms with E-state index in [4.69, 9.17) is 4.74 Å². The molecule has 4 heteroatoms. The summed E-state index contributed by atoms with van der Waals surface area (Å²) < 4.78 is 5.63. The van der Waals surface area contributed by atoms with E-state index in [1.54, 1.807) is 11.8 Å². The molecule has 3 nitrogen and oxygen atoms in total. The summed E-state index contributed by atoms with van der Waals surface area (Å²) in [6, 6.07) is 19.0. The molecule has 2 atom stereocenters. The zero-order valence-corrected chi connectivity index (χ0v) is 16.5. The lowest BCUT2D eigenvalue weighted by Crippen LogP contribution is -2.51. The number of amides is 1. The maximum Gasteiger partial charge on any atom is 0.410 e. The second-order valence-corrected chi connectivity index (χ2v) is 8.10. The first kappa shape index (κ1) is 18.2. The van der Waals surface area contributed by atoms with Crippen molar-refractivity contribution in [2.45, 2.75) is 49.3 Å². The number of nitrogens with zero attached hydrogens (tertiary/aromatic N) is 1. The van der Waals surface area contributed by atoms with Gasteiger partial charge in [-0.15, -0.1) is 11.8 Å². The average Bonchev–Trinajstić information content (AvgIpc) is 2.72. The van der Waals surface area contributed by atoms with Gasteiger partial charge in [0.15, 0.2) is 0 Å². The van der Waals surface area contributed by atoms with Crippen LogP contribution >= 0.6 is 11.8 Å².